The SMILES string of the molecule is Cc1oc(CNC(=O)c2cccc(Br)c2)cc1C(=O)O. The van der Waals surface area contributed by atoms with Crippen molar-refractivity contribution < 1.29 is 19.1 Å². The zero-order valence-corrected chi connectivity index (χ0v) is 12.2. The zero-order valence-electron chi connectivity index (χ0n) is 10.6. The van der Waals surface area contributed by atoms with Crippen molar-refractivity contribution in [1.82, 2.24) is 5.32 Å². The van der Waals surface area contributed by atoms with Crippen molar-refractivity contribution in [1.29, 1.82) is 0 Å². The Morgan fingerprint density at radius 3 is 2.70 bits per heavy atom. The van der Waals surface area contributed by atoms with Gasteiger partial charge in [0.25, 0.3) is 5.91 Å². The molecule has 20 heavy (non-hydrogen) atoms. The van der Waals surface area contributed by atoms with E-state index in [0.717, 1.165) is 4.47 Å². The van der Waals surface area contributed by atoms with Gasteiger partial charge in [0.2, 0.25) is 0 Å². The normalized spacial score (nSPS) is 10.3. The van der Waals surface area contributed by atoms with Crippen molar-refractivity contribution in [3.63, 3.8) is 0 Å². The predicted molar refractivity (Wildman–Crippen MR) is 75.7 cm³/mol. The first-order chi connectivity index (χ1) is 9.47. The summed E-state index contributed by atoms with van der Waals surface area (Å²) in [5, 5.41) is 11.6. The van der Waals surface area contributed by atoms with Crippen molar-refractivity contribution in [3.8, 4) is 0 Å². The van der Waals surface area contributed by atoms with Gasteiger partial charge in [-0.25, -0.2) is 4.79 Å². The van der Waals surface area contributed by atoms with Crippen LogP contribution in [-0.2, 0) is 6.54 Å². The maximum absolute atomic E-state index is 11.9. The van der Waals surface area contributed by atoms with E-state index in [0.29, 0.717) is 17.1 Å². The molecular weight excluding hydrogens is 326 g/mol. The molecule has 0 saturated heterocycles. The van der Waals surface area contributed by atoms with Crippen LogP contribution in [0.2, 0.25) is 0 Å². The summed E-state index contributed by atoms with van der Waals surface area (Å²) in [5.41, 5.74) is 0.623. The fourth-order valence-electron chi connectivity index (χ4n) is 1.74. The van der Waals surface area contributed by atoms with Crippen molar-refractivity contribution >= 4 is 27.8 Å². The molecule has 2 N–H and O–H groups in total. The molecule has 2 rings (SSSR count). The lowest BCUT2D eigenvalue weighted by atomic mass is 10.2. The molecule has 0 spiro atoms. The number of aromatic carboxylic acids is 1. The van der Waals surface area contributed by atoms with Crippen LogP contribution in [0.4, 0.5) is 0 Å². The van der Waals surface area contributed by atoms with Gasteiger partial charge < -0.3 is 14.8 Å². The maximum atomic E-state index is 11.9. The third kappa shape index (κ3) is 3.27. The summed E-state index contributed by atoms with van der Waals surface area (Å²) in [7, 11) is 0. The number of furan rings is 1. The Balaban J connectivity index is 2.04. The van der Waals surface area contributed by atoms with E-state index in [1.54, 1.807) is 25.1 Å². The first kappa shape index (κ1) is 14.3. The Bertz CT molecular complexity index is 663. The lowest BCUT2D eigenvalue weighted by Crippen LogP contribution is -2.22. The number of carboxylic acid groups (broad SMARTS) is 1. The minimum absolute atomic E-state index is 0.108. The number of aryl methyl sites for hydroxylation is 1. The number of hydrogen-bond acceptors (Lipinski definition) is 3. The number of benzene rings is 1. The first-order valence-electron chi connectivity index (χ1n) is 5.83. The summed E-state index contributed by atoms with van der Waals surface area (Å²) < 4.78 is 6.09. The van der Waals surface area contributed by atoms with Crippen LogP contribution in [0.25, 0.3) is 0 Å². The van der Waals surface area contributed by atoms with Gasteiger partial charge in [-0.15, -0.1) is 0 Å². The summed E-state index contributed by atoms with van der Waals surface area (Å²) in [5.74, 6) is -0.569. The Kier molecular flexibility index (Phi) is 4.24. The minimum Gasteiger partial charge on any atom is -0.478 e. The number of halogens is 1. The van der Waals surface area contributed by atoms with E-state index in [-0.39, 0.29) is 18.0 Å². The number of carbonyl (C=O) groups is 2. The lowest BCUT2D eigenvalue weighted by Gasteiger charge is -2.03. The third-order valence-corrected chi connectivity index (χ3v) is 3.20. The van der Waals surface area contributed by atoms with Crippen LogP contribution in [-0.4, -0.2) is 17.0 Å². The third-order valence-electron chi connectivity index (χ3n) is 2.71. The molecule has 0 aliphatic heterocycles. The molecule has 1 aromatic carbocycles. The van der Waals surface area contributed by atoms with Crippen LogP contribution >= 0.6 is 15.9 Å². The molecule has 1 heterocycles. The molecule has 0 aliphatic carbocycles. The second-order valence-corrected chi connectivity index (χ2v) is 5.10. The lowest BCUT2D eigenvalue weighted by molar-refractivity contribution is 0.0694. The van der Waals surface area contributed by atoms with Crippen LogP contribution in [0.15, 0.2) is 39.2 Å². The average molecular weight is 338 g/mol. The quantitative estimate of drug-likeness (QED) is 0.898. The average Bonchev–Trinajstić information content (AvgIpc) is 2.77. The molecule has 0 bridgehead atoms. The number of rotatable bonds is 4. The van der Waals surface area contributed by atoms with Gasteiger partial charge >= 0.3 is 5.97 Å². The van der Waals surface area contributed by atoms with Crippen LogP contribution in [0, 0.1) is 6.92 Å². The van der Waals surface area contributed by atoms with Crippen molar-refractivity contribution in [2.24, 2.45) is 0 Å². The van der Waals surface area contributed by atoms with Gasteiger partial charge in [-0.2, -0.15) is 0 Å². The number of hydrogen-bond donors (Lipinski definition) is 2. The van der Waals surface area contributed by atoms with E-state index in [4.69, 9.17) is 9.52 Å². The van der Waals surface area contributed by atoms with Gasteiger partial charge in [0, 0.05) is 10.0 Å². The zero-order chi connectivity index (χ0) is 14.7. The molecule has 2 aromatic rings. The van der Waals surface area contributed by atoms with Crippen molar-refractivity contribution in [3.05, 3.63) is 57.5 Å². The molecule has 0 fully saturated rings. The van der Waals surface area contributed by atoms with Gasteiger partial charge in [-0.3, -0.25) is 4.79 Å². The molecule has 104 valence electrons. The Hall–Kier alpha value is -2.08. The van der Waals surface area contributed by atoms with E-state index in [1.165, 1.54) is 6.07 Å². The fraction of sp³-hybridized carbons (Fsp3) is 0.143. The highest BCUT2D eigenvalue weighted by Crippen LogP contribution is 2.15. The number of carboxylic acids is 1. The monoisotopic (exact) mass is 337 g/mol. The second-order valence-electron chi connectivity index (χ2n) is 4.18. The molecule has 0 aliphatic rings. The van der Waals surface area contributed by atoms with Gasteiger partial charge in [0.05, 0.1) is 6.54 Å². The Labute approximate surface area is 123 Å². The number of nitrogens with one attached hydrogen (secondary N) is 1. The maximum Gasteiger partial charge on any atom is 0.339 e. The smallest absolute Gasteiger partial charge is 0.339 e. The summed E-state index contributed by atoms with van der Waals surface area (Å²) in [4.78, 5) is 22.8. The van der Waals surface area contributed by atoms with Gasteiger partial charge in [0.1, 0.15) is 17.1 Å². The van der Waals surface area contributed by atoms with E-state index >= 15 is 0 Å². The molecule has 6 heteroatoms. The van der Waals surface area contributed by atoms with E-state index in [9.17, 15) is 9.59 Å². The van der Waals surface area contributed by atoms with Crippen molar-refractivity contribution in [2.45, 2.75) is 13.5 Å². The van der Waals surface area contributed by atoms with Gasteiger partial charge in [-0.05, 0) is 31.2 Å². The van der Waals surface area contributed by atoms with Crippen LogP contribution in [0.3, 0.4) is 0 Å². The molecule has 1 aromatic heterocycles. The number of carbonyl (C=O) groups excluding carboxylic acids is 1. The molecule has 0 unspecified atom stereocenters. The van der Waals surface area contributed by atoms with Crippen LogP contribution in [0.5, 0.6) is 0 Å². The summed E-state index contributed by atoms with van der Waals surface area (Å²) in [6.45, 7) is 1.71. The largest absolute Gasteiger partial charge is 0.478 e. The molecular formula is C14H12BrNO4. The summed E-state index contributed by atoms with van der Waals surface area (Å²) in [6, 6.07) is 8.39. The highest BCUT2D eigenvalue weighted by molar-refractivity contribution is 9.10. The molecule has 0 radical (unpaired) electrons. The minimum atomic E-state index is -1.05. The highest BCUT2D eigenvalue weighted by Gasteiger charge is 2.14. The molecule has 5 nitrogen and oxygen atoms in total. The predicted octanol–water partition coefficient (Wildman–Crippen LogP) is 2.98. The first-order valence-corrected chi connectivity index (χ1v) is 6.63. The Morgan fingerprint density at radius 1 is 1.35 bits per heavy atom. The standard InChI is InChI=1S/C14H12BrNO4/c1-8-12(14(18)19)6-11(20-8)7-16-13(17)9-3-2-4-10(15)5-9/h2-6H,7H2,1H3,(H,16,17)(H,18,19). The second kappa shape index (κ2) is 5.92. The van der Waals surface area contributed by atoms with Gasteiger partial charge in [-0.1, -0.05) is 22.0 Å². The fourth-order valence-corrected chi connectivity index (χ4v) is 2.14. The highest BCUT2D eigenvalue weighted by atomic mass is 79.9. The topological polar surface area (TPSA) is 79.5 Å². The molecule has 0 saturated carbocycles. The number of amides is 1. The van der Waals surface area contributed by atoms with Gasteiger partial charge in [0.15, 0.2) is 0 Å². The van der Waals surface area contributed by atoms with E-state index in [2.05, 4.69) is 21.2 Å². The van der Waals surface area contributed by atoms with E-state index < -0.39 is 5.97 Å². The van der Waals surface area contributed by atoms with Crippen molar-refractivity contribution in [2.75, 3.05) is 0 Å². The van der Waals surface area contributed by atoms with E-state index in [1.807, 2.05) is 6.07 Å². The summed E-state index contributed by atoms with van der Waals surface area (Å²) in [6.07, 6.45) is 0. The molecule has 1 amide bonds. The van der Waals surface area contributed by atoms with Crippen LogP contribution < -0.4 is 5.32 Å². The summed E-state index contributed by atoms with van der Waals surface area (Å²) >= 11 is 3.29. The Morgan fingerprint density at radius 2 is 2.10 bits per heavy atom. The molecule has 0 atom stereocenters. The van der Waals surface area contributed by atoms with Crippen LogP contribution in [0.1, 0.15) is 32.2 Å².